The summed E-state index contributed by atoms with van der Waals surface area (Å²) >= 11 is 3.06. The maximum atomic E-state index is 11.7. The number of esters is 1. The molecule has 1 heterocycles. The van der Waals surface area contributed by atoms with Crippen LogP contribution >= 0.6 is 15.9 Å². The van der Waals surface area contributed by atoms with Crippen molar-refractivity contribution in [2.45, 2.75) is 20.0 Å². The van der Waals surface area contributed by atoms with Gasteiger partial charge in [0, 0.05) is 28.1 Å². The summed E-state index contributed by atoms with van der Waals surface area (Å²) in [6, 6.07) is 4.63. The molecule has 5 nitrogen and oxygen atoms in total. The third kappa shape index (κ3) is 2.58. The van der Waals surface area contributed by atoms with Crippen LogP contribution in [0.4, 0.5) is 0 Å². The fraction of sp³-hybridized carbons (Fsp3) is 0.455. The van der Waals surface area contributed by atoms with Crippen molar-refractivity contribution in [1.82, 2.24) is 0 Å². The molecule has 0 radical (unpaired) electrons. The first-order valence-corrected chi connectivity index (χ1v) is 5.76. The summed E-state index contributed by atoms with van der Waals surface area (Å²) in [6.45, 7) is 3.04. The highest BCUT2D eigenvalue weighted by Crippen LogP contribution is 2.33. The number of nitrogens with zero attached hydrogens (tertiary/aromatic N) is 1. The van der Waals surface area contributed by atoms with E-state index in [1.807, 2.05) is 0 Å². The SMILES string of the molecule is COC(=O)C(C)(C)[C@H](O)c1cccc(Br)[n+]1[O-]. The van der Waals surface area contributed by atoms with Gasteiger partial charge in [0.2, 0.25) is 5.69 Å². The topological polar surface area (TPSA) is 73.5 Å². The fourth-order valence-corrected chi connectivity index (χ4v) is 1.79. The van der Waals surface area contributed by atoms with Crippen molar-refractivity contribution in [2.75, 3.05) is 7.11 Å². The molecule has 0 aromatic carbocycles. The van der Waals surface area contributed by atoms with Crippen LogP contribution in [0.2, 0.25) is 0 Å². The number of carbonyl (C=O) groups excluding carboxylic acids is 1. The van der Waals surface area contributed by atoms with Gasteiger partial charge in [-0.3, -0.25) is 4.79 Å². The maximum absolute atomic E-state index is 11.7. The highest BCUT2D eigenvalue weighted by Gasteiger charge is 2.41. The van der Waals surface area contributed by atoms with Crippen LogP contribution in [0.5, 0.6) is 0 Å². The first-order chi connectivity index (χ1) is 7.82. The van der Waals surface area contributed by atoms with Crippen molar-refractivity contribution in [3.05, 3.63) is 33.7 Å². The van der Waals surface area contributed by atoms with Crippen LogP contribution in [0.1, 0.15) is 25.6 Å². The quantitative estimate of drug-likeness (QED) is 0.395. The summed E-state index contributed by atoms with van der Waals surface area (Å²) < 4.78 is 5.42. The smallest absolute Gasteiger partial charge is 0.314 e. The number of aliphatic hydroxyl groups is 1. The molecule has 0 saturated carbocycles. The third-order valence-corrected chi connectivity index (χ3v) is 3.19. The number of halogens is 1. The zero-order chi connectivity index (χ0) is 13.2. The van der Waals surface area contributed by atoms with Gasteiger partial charge < -0.3 is 15.1 Å². The van der Waals surface area contributed by atoms with Gasteiger partial charge in [-0.1, -0.05) is 0 Å². The Labute approximate surface area is 108 Å². The molecular weight excluding hydrogens is 290 g/mol. The van der Waals surface area contributed by atoms with Crippen LogP contribution in [0.15, 0.2) is 22.8 Å². The number of carbonyl (C=O) groups is 1. The molecule has 6 heteroatoms. The Balaban J connectivity index is 3.16. The number of ether oxygens (including phenoxy) is 1. The number of hydrogen-bond acceptors (Lipinski definition) is 4. The molecule has 0 unspecified atom stereocenters. The van der Waals surface area contributed by atoms with Gasteiger partial charge in [-0.25, -0.2) is 0 Å². The lowest BCUT2D eigenvalue weighted by atomic mass is 9.84. The minimum absolute atomic E-state index is 0.0924. The molecule has 0 aliphatic heterocycles. The van der Waals surface area contributed by atoms with Crippen LogP contribution in [0.3, 0.4) is 0 Å². The zero-order valence-electron chi connectivity index (χ0n) is 9.81. The molecule has 1 rings (SSSR count). The molecular formula is C11H14BrNO4. The second-order valence-electron chi connectivity index (χ2n) is 4.18. The Morgan fingerprint density at radius 2 is 2.18 bits per heavy atom. The fourth-order valence-electron chi connectivity index (χ4n) is 1.43. The van der Waals surface area contributed by atoms with E-state index in [1.54, 1.807) is 12.1 Å². The molecule has 17 heavy (non-hydrogen) atoms. The van der Waals surface area contributed by atoms with E-state index in [9.17, 15) is 15.1 Å². The average molecular weight is 304 g/mol. The molecule has 0 saturated heterocycles. The Morgan fingerprint density at radius 1 is 1.59 bits per heavy atom. The lowest BCUT2D eigenvalue weighted by Gasteiger charge is -2.26. The highest BCUT2D eigenvalue weighted by molar-refractivity contribution is 9.10. The normalized spacial score (nSPS) is 13.2. The predicted molar refractivity (Wildman–Crippen MR) is 63.9 cm³/mol. The standard InChI is InChI=1S/C11H14BrNO4/c1-11(2,10(15)17-3)9(14)7-5-4-6-8(12)13(7)16/h4-6,9,14H,1-3H3/t9-/m1/s1. The summed E-state index contributed by atoms with van der Waals surface area (Å²) in [7, 11) is 1.24. The van der Waals surface area contributed by atoms with E-state index in [2.05, 4.69) is 20.7 Å². The molecule has 0 bridgehead atoms. The Kier molecular flexibility index (Phi) is 4.11. The van der Waals surface area contributed by atoms with Crippen LogP contribution in [0, 0.1) is 10.6 Å². The van der Waals surface area contributed by atoms with Gasteiger partial charge in [0.15, 0.2) is 6.10 Å². The van der Waals surface area contributed by atoms with Crippen LogP contribution < -0.4 is 4.73 Å². The zero-order valence-corrected chi connectivity index (χ0v) is 11.4. The van der Waals surface area contributed by atoms with Gasteiger partial charge in [-0.2, -0.15) is 4.73 Å². The summed E-state index contributed by atoms with van der Waals surface area (Å²) in [5, 5.41) is 21.8. The van der Waals surface area contributed by atoms with Gasteiger partial charge in [0.25, 0.3) is 4.60 Å². The lowest BCUT2D eigenvalue weighted by molar-refractivity contribution is -0.631. The van der Waals surface area contributed by atoms with Gasteiger partial charge in [-0.15, -0.1) is 0 Å². The predicted octanol–water partition coefficient (Wildman–Crippen LogP) is 1.32. The molecule has 1 atom stereocenters. The lowest BCUT2D eigenvalue weighted by Crippen LogP contribution is -2.41. The van der Waals surface area contributed by atoms with E-state index in [0.717, 1.165) is 0 Å². The molecule has 0 amide bonds. The molecule has 1 aromatic heterocycles. The molecule has 0 fully saturated rings. The van der Waals surface area contributed by atoms with Crippen LogP contribution in [-0.4, -0.2) is 18.2 Å². The van der Waals surface area contributed by atoms with Crippen molar-refractivity contribution in [1.29, 1.82) is 0 Å². The third-order valence-electron chi connectivity index (χ3n) is 2.60. The molecule has 94 valence electrons. The Hall–Kier alpha value is -1.14. The number of aliphatic hydroxyl groups excluding tert-OH is 1. The van der Waals surface area contributed by atoms with Crippen molar-refractivity contribution in [3.63, 3.8) is 0 Å². The summed E-state index contributed by atoms with van der Waals surface area (Å²) in [5.41, 5.74) is -1.10. The highest BCUT2D eigenvalue weighted by atomic mass is 79.9. The second kappa shape index (κ2) is 5.01. The van der Waals surface area contributed by atoms with Crippen LogP contribution in [0.25, 0.3) is 0 Å². The van der Waals surface area contributed by atoms with E-state index in [4.69, 9.17) is 0 Å². The van der Waals surface area contributed by atoms with E-state index >= 15 is 0 Å². The van der Waals surface area contributed by atoms with E-state index in [0.29, 0.717) is 4.73 Å². The number of rotatable bonds is 3. The first-order valence-electron chi connectivity index (χ1n) is 4.96. The molecule has 1 aromatic rings. The van der Waals surface area contributed by atoms with Crippen molar-refractivity contribution < 1.29 is 19.4 Å². The molecule has 1 N–H and O–H groups in total. The van der Waals surface area contributed by atoms with E-state index in [-0.39, 0.29) is 10.3 Å². The minimum atomic E-state index is -1.25. The number of aromatic nitrogens is 1. The first kappa shape index (κ1) is 13.9. The van der Waals surface area contributed by atoms with Crippen molar-refractivity contribution in [2.24, 2.45) is 5.41 Å². The molecule has 0 spiro atoms. The van der Waals surface area contributed by atoms with Crippen LogP contribution in [-0.2, 0) is 9.53 Å². The average Bonchev–Trinajstić information content (AvgIpc) is 2.30. The molecule has 0 aliphatic rings. The van der Waals surface area contributed by atoms with Gasteiger partial charge in [0.1, 0.15) is 0 Å². The van der Waals surface area contributed by atoms with Crippen molar-refractivity contribution in [3.8, 4) is 0 Å². The Morgan fingerprint density at radius 3 is 2.71 bits per heavy atom. The minimum Gasteiger partial charge on any atom is -0.618 e. The largest absolute Gasteiger partial charge is 0.618 e. The van der Waals surface area contributed by atoms with Crippen molar-refractivity contribution >= 4 is 21.9 Å². The van der Waals surface area contributed by atoms with Gasteiger partial charge in [0.05, 0.1) is 12.5 Å². The summed E-state index contributed by atoms with van der Waals surface area (Å²) in [4.78, 5) is 11.5. The Bertz CT molecular complexity index is 433. The van der Waals surface area contributed by atoms with Gasteiger partial charge in [-0.05, 0) is 19.9 Å². The second-order valence-corrected chi connectivity index (χ2v) is 5.00. The number of pyridine rings is 1. The monoisotopic (exact) mass is 303 g/mol. The van der Waals surface area contributed by atoms with E-state index in [1.165, 1.54) is 27.0 Å². The van der Waals surface area contributed by atoms with Gasteiger partial charge >= 0.3 is 5.97 Å². The maximum Gasteiger partial charge on any atom is 0.314 e. The summed E-state index contributed by atoms with van der Waals surface area (Å²) in [5.74, 6) is -0.579. The summed E-state index contributed by atoms with van der Waals surface area (Å²) in [6.07, 6.45) is -1.25. The van der Waals surface area contributed by atoms with E-state index < -0.39 is 17.5 Å². The molecule has 0 aliphatic carbocycles. The number of hydrogen-bond donors (Lipinski definition) is 1. The number of methoxy groups -OCH3 is 1.